The molecule has 2 saturated carbocycles. The van der Waals surface area contributed by atoms with Crippen LogP contribution in [0, 0.1) is 17.8 Å². The van der Waals surface area contributed by atoms with Crippen LogP contribution in [-0.4, -0.2) is 25.1 Å². The van der Waals surface area contributed by atoms with Gasteiger partial charge in [-0.15, -0.1) is 12.4 Å². The molecule has 4 unspecified atom stereocenters. The minimum atomic E-state index is 0. The van der Waals surface area contributed by atoms with E-state index in [4.69, 9.17) is 10.5 Å². The Bertz CT molecular complexity index is 481. The summed E-state index contributed by atoms with van der Waals surface area (Å²) < 4.78 is 5.58. The van der Waals surface area contributed by atoms with Crippen molar-refractivity contribution in [3.05, 3.63) is 35.9 Å². The smallest absolute Gasteiger partial charge is 0.225 e. The summed E-state index contributed by atoms with van der Waals surface area (Å²) in [6, 6.07) is 10.1. The minimum Gasteiger partial charge on any atom is -0.375 e. The lowest BCUT2D eigenvalue weighted by molar-refractivity contribution is -0.127. The Balaban J connectivity index is 0.00000176. The first-order chi connectivity index (χ1) is 10.3. The molecule has 2 bridgehead atoms. The molecule has 0 radical (unpaired) electrons. The maximum Gasteiger partial charge on any atom is 0.225 e. The largest absolute Gasteiger partial charge is 0.375 e. The zero-order chi connectivity index (χ0) is 14.7. The molecule has 0 heterocycles. The number of carbonyl (C=O) groups is 1. The fourth-order valence-electron chi connectivity index (χ4n) is 3.85. The summed E-state index contributed by atoms with van der Waals surface area (Å²) in [6.07, 6.45) is 3.51. The van der Waals surface area contributed by atoms with Crippen molar-refractivity contribution in [1.29, 1.82) is 0 Å². The quantitative estimate of drug-likeness (QED) is 0.788. The van der Waals surface area contributed by atoms with Gasteiger partial charge in [-0.05, 0) is 36.7 Å². The van der Waals surface area contributed by atoms with Gasteiger partial charge in [-0.2, -0.15) is 0 Å². The van der Waals surface area contributed by atoms with Crippen LogP contribution in [0.3, 0.4) is 0 Å². The number of carbonyl (C=O) groups excluding carboxylic acids is 1. The lowest BCUT2D eigenvalue weighted by Crippen LogP contribution is -2.45. The van der Waals surface area contributed by atoms with E-state index in [1.165, 1.54) is 12.8 Å². The molecule has 3 N–H and O–H groups in total. The van der Waals surface area contributed by atoms with Crippen molar-refractivity contribution in [2.75, 3.05) is 13.2 Å². The van der Waals surface area contributed by atoms with E-state index in [1.54, 1.807) is 0 Å². The Kier molecular flexibility index (Phi) is 6.24. The standard InChI is InChI=1S/C17H24N2O2.ClH/c18-16-14-7-6-13(10-14)15(16)17(20)19-8-9-21-11-12-4-2-1-3-5-12;/h1-5,13-16H,6-11,18H2,(H,19,20);1H. The molecule has 5 heteroatoms. The van der Waals surface area contributed by atoms with Gasteiger partial charge < -0.3 is 15.8 Å². The van der Waals surface area contributed by atoms with Crippen LogP contribution in [0.5, 0.6) is 0 Å². The Hall–Kier alpha value is -1.10. The summed E-state index contributed by atoms with van der Waals surface area (Å²) in [4.78, 5) is 12.2. The van der Waals surface area contributed by atoms with Crippen molar-refractivity contribution in [2.45, 2.75) is 31.9 Å². The molecular formula is C17H25ClN2O2. The molecule has 1 aromatic carbocycles. The minimum absolute atomic E-state index is 0. The van der Waals surface area contributed by atoms with E-state index >= 15 is 0 Å². The maximum atomic E-state index is 12.2. The van der Waals surface area contributed by atoms with Crippen LogP contribution < -0.4 is 11.1 Å². The number of amides is 1. The molecule has 1 amide bonds. The number of hydrogen-bond acceptors (Lipinski definition) is 3. The topological polar surface area (TPSA) is 64.4 Å². The fraction of sp³-hybridized carbons (Fsp3) is 0.588. The SMILES string of the molecule is Cl.NC1C2CCC(C2)C1C(=O)NCCOCc1ccccc1. The third-order valence-electron chi connectivity index (χ3n) is 4.94. The lowest BCUT2D eigenvalue weighted by atomic mass is 9.84. The summed E-state index contributed by atoms with van der Waals surface area (Å²) in [6.45, 7) is 1.69. The number of rotatable bonds is 6. The van der Waals surface area contributed by atoms with E-state index in [1.807, 2.05) is 30.3 Å². The highest BCUT2D eigenvalue weighted by molar-refractivity contribution is 5.85. The monoisotopic (exact) mass is 324 g/mol. The van der Waals surface area contributed by atoms with Gasteiger partial charge in [-0.25, -0.2) is 0 Å². The molecular weight excluding hydrogens is 300 g/mol. The molecule has 22 heavy (non-hydrogen) atoms. The number of nitrogens with two attached hydrogens (primary N) is 1. The highest BCUT2D eigenvalue weighted by Crippen LogP contribution is 2.47. The van der Waals surface area contributed by atoms with Crippen LogP contribution in [0.4, 0.5) is 0 Å². The molecule has 4 nitrogen and oxygen atoms in total. The predicted octanol–water partition coefficient (Wildman–Crippen LogP) is 2.11. The van der Waals surface area contributed by atoms with E-state index in [2.05, 4.69) is 5.32 Å². The van der Waals surface area contributed by atoms with E-state index in [9.17, 15) is 4.79 Å². The average Bonchev–Trinajstić information content (AvgIpc) is 3.08. The van der Waals surface area contributed by atoms with Gasteiger partial charge in [0.15, 0.2) is 0 Å². The number of fused-ring (bicyclic) bond motifs is 2. The van der Waals surface area contributed by atoms with Gasteiger partial charge in [0.25, 0.3) is 0 Å². The van der Waals surface area contributed by atoms with Crippen molar-refractivity contribution in [3.8, 4) is 0 Å². The normalized spacial score (nSPS) is 29.1. The molecule has 0 saturated heterocycles. The Labute approximate surface area is 138 Å². The maximum absolute atomic E-state index is 12.2. The molecule has 2 fully saturated rings. The lowest BCUT2D eigenvalue weighted by Gasteiger charge is -2.26. The molecule has 0 spiro atoms. The molecule has 2 aliphatic rings. The Morgan fingerprint density at radius 2 is 1.95 bits per heavy atom. The van der Waals surface area contributed by atoms with Crippen LogP contribution in [0.2, 0.25) is 0 Å². The highest BCUT2D eigenvalue weighted by atomic mass is 35.5. The molecule has 0 aliphatic heterocycles. The Morgan fingerprint density at radius 3 is 2.64 bits per heavy atom. The second-order valence-corrected chi connectivity index (χ2v) is 6.27. The fourth-order valence-corrected chi connectivity index (χ4v) is 3.85. The van der Waals surface area contributed by atoms with E-state index < -0.39 is 0 Å². The average molecular weight is 325 g/mol. The van der Waals surface area contributed by atoms with Crippen molar-refractivity contribution >= 4 is 18.3 Å². The van der Waals surface area contributed by atoms with Gasteiger partial charge in [-0.1, -0.05) is 30.3 Å². The molecule has 1 aromatic rings. The number of halogens is 1. The van der Waals surface area contributed by atoms with Crippen molar-refractivity contribution in [1.82, 2.24) is 5.32 Å². The van der Waals surface area contributed by atoms with Crippen molar-refractivity contribution in [3.63, 3.8) is 0 Å². The first-order valence-electron chi connectivity index (χ1n) is 7.90. The summed E-state index contributed by atoms with van der Waals surface area (Å²) >= 11 is 0. The van der Waals surface area contributed by atoms with E-state index in [-0.39, 0.29) is 30.3 Å². The van der Waals surface area contributed by atoms with Gasteiger partial charge >= 0.3 is 0 Å². The van der Waals surface area contributed by atoms with Gasteiger partial charge in [0.05, 0.1) is 19.1 Å². The second-order valence-electron chi connectivity index (χ2n) is 6.27. The molecule has 2 aliphatic carbocycles. The molecule has 0 aromatic heterocycles. The number of nitrogens with one attached hydrogen (secondary N) is 1. The van der Waals surface area contributed by atoms with Gasteiger partial charge in [-0.3, -0.25) is 4.79 Å². The molecule has 122 valence electrons. The summed E-state index contributed by atoms with van der Waals surface area (Å²) in [7, 11) is 0. The third kappa shape index (κ3) is 3.80. The van der Waals surface area contributed by atoms with Gasteiger partial charge in [0.1, 0.15) is 0 Å². The van der Waals surface area contributed by atoms with E-state index in [0.29, 0.717) is 31.6 Å². The Morgan fingerprint density at radius 1 is 1.23 bits per heavy atom. The van der Waals surface area contributed by atoms with Gasteiger partial charge in [0.2, 0.25) is 5.91 Å². The third-order valence-corrected chi connectivity index (χ3v) is 4.94. The number of ether oxygens (including phenoxy) is 1. The van der Waals surface area contributed by atoms with Crippen LogP contribution in [0.25, 0.3) is 0 Å². The van der Waals surface area contributed by atoms with Crippen molar-refractivity contribution in [2.24, 2.45) is 23.5 Å². The number of benzene rings is 1. The van der Waals surface area contributed by atoms with E-state index in [0.717, 1.165) is 12.0 Å². The van der Waals surface area contributed by atoms with Crippen LogP contribution >= 0.6 is 12.4 Å². The molecule has 4 atom stereocenters. The zero-order valence-electron chi connectivity index (χ0n) is 12.7. The summed E-state index contributed by atoms with van der Waals surface area (Å²) in [5.41, 5.74) is 7.33. The summed E-state index contributed by atoms with van der Waals surface area (Å²) in [5.74, 6) is 1.23. The van der Waals surface area contributed by atoms with Gasteiger partial charge in [0, 0.05) is 12.6 Å². The molecule has 3 rings (SSSR count). The first kappa shape index (κ1) is 17.3. The highest BCUT2D eigenvalue weighted by Gasteiger charge is 2.48. The zero-order valence-corrected chi connectivity index (χ0v) is 13.6. The predicted molar refractivity (Wildman–Crippen MR) is 88.7 cm³/mol. The van der Waals surface area contributed by atoms with Crippen LogP contribution in [-0.2, 0) is 16.1 Å². The number of hydrogen-bond donors (Lipinski definition) is 2. The summed E-state index contributed by atoms with van der Waals surface area (Å²) in [5, 5.41) is 2.98. The van der Waals surface area contributed by atoms with Crippen molar-refractivity contribution < 1.29 is 9.53 Å². The second kappa shape index (κ2) is 7.95. The first-order valence-corrected chi connectivity index (χ1v) is 7.90. The van der Waals surface area contributed by atoms with Crippen LogP contribution in [0.15, 0.2) is 30.3 Å². The van der Waals surface area contributed by atoms with Crippen LogP contribution in [0.1, 0.15) is 24.8 Å².